The second-order valence-corrected chi connectivity index (χ2v) is 3.91. The fraction of sp³-hybridized carbons (Fsp3) is 0.909. The average molecular weight is 200 g/mol. The summed E-state index contributed by atoms with van der Waals surface area (Å²) < 4.78 is 0. The van der Waals surface area contributed by atoms with Crippen LogP contribution in [0.1, 0.15) is 40.0 Å². The maximum atomic E-state index is 11.0. The molecule has 0 fully saturated rings. The Kier molecular flexibility index (Phi) is 7.48. The number of hydrogen-bond donors (Lipinski definition) is 2. The molecule has 3 nitrogen and oxygen atoms in total. The Balaban J connectivity index is 3.73. The van der Waals surface area contributed by atoms with Gasteiger partial charge in [0.05, 0.1) is 6.54 Å². The maximum Gasteiger partial charge on any atom is 0.233 e. The first-order valence-corrected chi connectivity index (χ1v) is 5.57. The van der Waals surface area contributed by atoms with Gasteiger partial charge in [0.15, 0.2) is 0 Å². The van der Waals surface area contributed by atoms with E-state index in [2.05, 4.69) is 31.4 Å². The Morgan fingerprint density at radius 2 is 1.93 bits per heavy atom. The molecule has 0 aliphatic rings. The van der Waals surface area contributed by atoms with Gasteiger partial charge in [-0.25, -0.2) is 0 Å². The van der Waals surface area contributed by atoms with Crippen molar-refractivity contribution in [3.8, 4) is 0 Å². The van der Waals surface area contributed by atoms with Gasteiger partial charge < -0.3 is 10.6 Å². The average Bonchev–Trinajstić information content (AvgIpc) is 2.22. The minimum absolute atomic E-state index is 0.0626. The van der Waals surface area contributed by atoms with E-state index in [-0.39, 0.29) is 5.91 Å². The van der Waals surface area contributed by atoms with E-state index in [4.69, 9.17) is 0 Å². The predicted molar refractivity (Wildman–Crippen MR) is 60.2 cm³/mol. The van der Waals surface area contributed by atoms with Crippen molar-refractivity contribution in [2.75, 3.05) is 13.6 Å². The van der Waals surface area contributed by atoms with Gasteiger partial charge in [-0.15, -0.1) is 0 Å². The molecule has 0 bridgehead atoms. The lowest BCUT2D eigenvalue weighted by Gasteiger charge is -2.19. The lowest BCUT2D eigenvalue weighted by Crippen LogP contribution is -2.38. The number of likely N-dealkylation sites (N-methyl/N-ethyl adjacent to an activating group) is 1. The largest absolute Gasteiger partial charge is 0.358 e. The molecule has 0 aliphatic heterocycles. The molecule has 2 atom stereocenters. The molecule has 0 aromatic heterocycles. The Hall–Kier alpha value is -0.570. The molecule has 1 amide bonds. The Morgan fingerprint density at radius 3 is 2.36 bits per heavy atom. The number of amides is 1. The lowest BCUT2D eigenvalue weighted by molar-refractivity contribution is -0.119. The fourth-order valence-electron chi connectivity index (χ4n) is 1.37. The highest BCUT2D eigenvalue weighted by atomic mass is 16.1. The third-order valence-corrected chi connectivity index (χ3v) is 2.71. The molecular formula is C11H24N2O. The van der Waals surface area contributed by atoms with Crippen LogP contribution in [-0.4, -0.2) is 25.5 Å². The van der Waals surface area contributed by atoms with E-state index in [1.54, 1.807) is 7.05 Å². The number of carbonyl (C=O) groups is 1. The van der Waals surface area contributed by atoms with Gasteiger partial charge in [-0.2, -0.15) is 0 Å². The quantitative estimate of drug-likeness (QED) is 0.654. The van der Waals surface area contributed by atoms with Crippen LogP contribution in [0.2, 0.25) is 0 Å². The molecule has 0 aromatic carbocycles. The van der Waals surface area contributed by atoms with Crippen LogP contribution in [0.4, 0.5) is 0 Å². The van der Waals surface area contributed by atoms with Crippen LogP contribution >= 0.6 is 0 Å². The van der Waals surface area contributed by atoms with E-state index in [0.29, 0.717) is 12.6 Å². The lowest BCUT2D eigenvalue weighted by atomic mass is 9.98. The van der Waals surface area contributed by atoms with Crippen LogP contribution in [-0.2, 0) is 4.79 Å². The summed E-state index contributed by atoms with van der Waals surface area (Å²) in [5.74, 6) is 0.796. The molecule has 2 N–H and O–H groups in total. The van der Waals surface area contributed by atoms with E-state index in [1.165, 1.54) is 6.42 Å². The van der Waals surface area contributed by atoms with Gasteiger partial charge in [0, 0.05) is 13.1 Å². The van der Waals surface area contributed by atoms with E-state index < -0.39 is 0 Å². The third kappa shape index (κ3) is 5.97. The summed E-state index contributed by atoms with van der Waals surface area (Å²) in [6.07, 6.45) is 3.45. The summed E-state index contributed by atoms with van der Waals surface area (Å²) >= 11 is 0. The smallest absolute Gasteiger partial charge is 0.233 e. The van der Waals surface area contributed by atoms with Gasteiger partial charge in [-0.3, -0.25) is 4.79 Å². The van der Waals surface area contributed by atoms with Crippen molar-refractivity contribution < 1.29 is 4.79 Å². The van der Waals surface area contributed by atoms with Crippen LogP contribution in [0.5, 0.6) is 0 Å². The van der Waals surface area contributed by atoms with Crippen molar-refractivity contribution >= 4 is 5.91 Å². The summed E-state index contributed by atoms with van der Waals surface area (Å²) in [6, 6.07) is 0.474. The Labute approximate surface area is 87.6 Å². The molecule has 14 heavy (non-hydrogen) atoms. The Morgan fingerprint density at radius 1 is 1.29 bits per heavy atom. The molecule has 0 heterocycles. The monoisotopic (exact) mass is 200 g/mol. The van der Waals surface area contributed by atoms with Crippen LogP contribution < -0.4 is 10.6 Å². The van der Waals surface area contributed by atoms with Crippen molar-refractivity contribution in [1.29, 1.82) is 0 Å². The van der Waals surface area contributed by atoms with Gasteiger partial charge >= 0.3 is 0 Å². The molecule has 0 rings (SSSR count). The molecule has 0 saturated heterocycles. The minimum Gasteiger partial charge on any atom is -0.358 e. The van der Waals surface area contributed by atoms with Crippen molar-refractivity contribution in [2.45, 2.75) is 46.1 Å². The molecule has 0 aliphatic carbocycles. The second-order valence-electron chi connectivity index (χ2n) is 3.91. The highest BCUT2D eigenvalue weighted by Gasteiger charge is 2.10. The highest BCUT2D eigenvalue weighted by Crippen LogP contribution is 2.11. The van der Waals surface area contributed by atoms with Gasteiger partial charge in [0.25, 0.3) is 0 Å². The van der Waals surface area contributed by atoms with Crippen molar-refractivity contribution in [3.05, 3.63) is 0 Å². The standard InChI is InChI=1S/C11H24N2O/c1-5-9(3)7-10(6-2)13-8-11(14)12-4/h9-10,13H,5-8H2,1-4H3,(H,12,14). The topological polar surface area (TPSA) is 41.1 Å². The maximum absolute atomic E-state index is 11.0. The number of carbonyl (C=O) groups excluding carboxylic acids is 1. The SMILES string of the molecule is CCC(C)CC(CC)NCC(=O)NC. The van der Waals surface area contributed by atoms with Crippen LogP contribution in [0.25, 0.3) is 0 Å². The zero-order valence-electron chi connectivity index (χ0n) is 9.89. The van der Waals surface area contributed by atoms with Crippen molar-refractivity contribution in [2.24, 2.45) is 5.92 Å². The van der Waals surface area contributed by atoms with Crippen LogP contribution in [0.15, 0.2) is 0 Å². The van der Waals surface area contributed by atoms with E-state index in [0.717, 1.165) is 18.8 Å². The first-order chi connectivity index (χ1) is 6.63. The molecule has 0 spiro atoms. The normalized spacial score (nSPS) is 14.9. The summed E-state index contributed by atoms with van der Waals surface area (Å²) in [4.78, 5) is 11.0. The van der Waals surface area contributed by atoms with Gasteiger partial charge in [-0.05, 0) is 18.8 Å². The van der Waals surface area contributed by atoms with Gasteiger partial charge in [-0.1, -0.05) is 27.2 Å². The van der Waals surface area contributed by atoms with E-state index in [9.17, 15) is 4.79 Å². The second kappa shape index (κ2) is 7.80. The molecular weight excluding hydrogens is 176 g/mol. The molecule has 2 unspecified atom stereocenters. The minimum atomic E-state index is 0.0626. The molecule has 0 aromatic rings. The number of rotatable bonds is 7. The summed E-state index contributed by atoms with van der Waals surface area (Å²) in [5, 5.41) is 5.88. The van der Waals surface area contributed by atoms with Crippen molar-refractivity contribution in [1.82, 2.24) is 10.6 Å². The summed E-state index contributed by atoms with van der Waals surface area (Å²) in [7, 11) is 1.67. The first kappa shape index (κ1) is 13.4. The highest BCUT2D eigenvalue weighted by molar-refractivity contribution is 5.77. The molecule has 0 radical (unpaired) electrons. The Bertz CT molecular complexity index is 159. The van der Waals surface area contributed by atoms with Crippen LogP contribution in [0, 0.1) is 5.92 Å². The van der Waals surface area contributed by atoms with Crippen molar-refractivity contribution in [3.63, 3.8) is 0 Å². The predicted octanol–water partition coefficient (Wildman–Crippen LogP) is 1.54. The molecule has 84 valence electrons. The van der Waals surface area contributed by atoms with Crippen LogP contribution in [0.3, 0.4) is 0 Å². The van der Waals surface area contributed by atoms with E-state index in [1.807, 2.05) is 0 Å². The summed E-state index contributed by atoms with van der Waals surface area (Å²) in [5.41, 5.74) is 0. The molecule has 0 saturated carbocycles. The van der Waals surface area contributed by atoms with Gasteiger partial charge in [0.1, 0.15) is 0 Å². The van der Waals surface area contributed by atoms with E-state index >= 15 is 0 Å². The summed E-state index contributed by atoms with van der Waals surface area (Å²) in [6.45, 7) is 7.05. The number of hydrogen-bond acceptors (Lipinski definition) is 2. The number of nitrogens with one attached hydrogen (secondary N) is 2. The molecule has 3 heteroatoms. The third-order valence-electron chi connectivity index (χ3n) is 2.71. The fourth-order valence-corrected chi connectivity index (χ4v) is 1.37. The zero-order valence-corrected chi connectivity index (χ0v) is 9.89. The zero-order chi connectivity index (χ0) is 11.0. The first-order valence-electron chi connectivity index (χ1n) is 5.57. The van der Waals surface area contributed by atoms with Gasteiger partial charge in [0.2, 0.25) is 5.91 Å².